The molecule has 2 atom stereocenters. The number of ketones is 1. The third-order valence-corrected chi connectivity index (χ3v) is 4.94. The van der Waals surface area contributed by atoms with E-state index >= 15 is 0 Å². The normalized spacial score (nSPS) is 21.1. The van der Waals surface area contributed by atoms with Crippen molar-refractivity contribution in [3.63, 3.8) is 0 Å². The predicted octanol–water partition coefficient (Wildman–Crippen LogP) is 2.80. The van der Waals surface area contributed by atoms with Gasteiger partial charge in [-0.05, 0) is 31.4 Å². The van der Waals surface area contributed by atoms with Crippen LogP contribution in [0.1, 0.15) is 55.5 Å². The van der Waals surface area contributed by atoms with Gasteiger partial charge in [0, 0.05) is 12.0 Å². The second kappa shape index (κ2) is 8.00. The van der Waals surface area contributed by atoms with E-state index in [0.717, 1.165) is 0 Å². The van der Waals surface area contributed by atoms with Gasteiger partial charge in [0.15, 0.2) is 5.78 Å². The first-order valence-electron chi connectivity index (χ1n) is 9.33. The van der Waals surface area contributed by atoms with Crippen LogP contribution in [0.4, 0.5) is 9.18 Å². The number of fused-ring (bicyclic) bond motifs is 1. The standard InChI is InChI=1S/C20H23FN2O5/c1-4-12-17(19(25)27-5-2)13(23-20(26)22-12)9-28-15-7-6-11(21)16-10(3)8-14(24)18(15)16/h6-7,10,12H,4-5,8-9H2,1-3H3,(H2,22,23,26)/t10-,12+/m1/s1. The molecule has 1 aliphatic carbocycles. The minimum atomic E-state index is -0.547. The summed E-state index contributed by atoms with van der Waals surface area (Å²) in [4.78, 5) is 36.6. The maximum absolute atomic E-state index is 14.1. The number of urea groups is 1. The molecule has 0 radical (unpaired) electrons. The molecule has 0 spiro atoms. The molecule has 2 N–H and O–H groups in total. The van der Waals surface area contributed by atoms with E-state index < -0.39 is 23.9 Å². The van der Waals surface area contributed by atoms with Crippen LogP contribution in [0.2, 0.25) is 0 Å². The highest BCUT2D eigenvalue weighted by molar-refractivity contribution is 6.03. The van der Waals surface area contributed by atoms with E-state index in [0.29, 0.717) is 12.0 Å². The lowest BCUT2D eigenvalue weighted by molar-refractivity contribution is -0.139. The number of amides is 2. The van der Waals surface area contributed by atoms with Crippen LogP contribution >= 0.6 is 0 Å². The third-order valence-electron chi connectivity index (χ3n) is 4.94. The molecule has 8 heteroatoms. The number of nitrogens with one attached hydrogen (secondary N) is 2. The minimum Gasteiger partial charge on any atom is -0.487 e. The number of hydrogen-bond donors (Lipinski definition) is 2. The summed E-state index contributed by atoms with van der Waals surface area (Å²) in [5, 5.41) is 5.26. The second-order valence-corrected chi connectivity index (χ2v) is 6.82. The Morgan fingerprint density at radius 3 is 2.71 bits per heavy atom. The smallest absolute Gasteiger partial charge is 0.338 e. The molecule has 0 unspecified atom stereocenters. The van der Waals surface area contributed by atoms with Gasteiger partial charge in [-0.15, -0.1) is 0 Å². The van der Waals surface area contributed by atoms with E-state index in [1.807, 2.05) is 6.92 Å². The van der Waals surface area contributed by atoms with Crippen molar-refractivity contribution in [2.45, 2.75) is 45.6 Å². The molecule has 0 fully saturated rings. The largest absolute Gasteiger partial charge is 0.487 e. The molecule has 0 saturated carbocycles. The molecule has 7 nitrogen and oxygen atoms in total. The predicted molar refractivity (Wildman–Crippen MR) is 98.7 cm³/mol. The molecule has 3 rings (SSSR count). The summed E-state index contributed by atoms with van der Waals surface area (Å²) in [5.41, 5.74) is 1.13. The summed E-state index contributed by atoms with van der Waals surface area (Å²) in [7, 11) is 0. The number of hydrogen-bond acceptors (Lipinski definition) is 5. The van der Waals surface area contributed by atoms with Crippen LogP contribution in [0.3, 0.4) is 0 Å². The minimum absolute atomic E-state index is 0.155. The van der Waals surface area contributed by atoms with Crippen molar-refractivity contribution in [3.8, 4) is 5.75 Å². The molecule has 1 heterocycles. The fourth-order valence-electron chi connectivity index (χ4n) is 3.67. The van der Waals surface area contributed by atoms with E-state index in [1.54, 1.807) is 13.8 Å². The zero-order chi connectivity index (χ0) is 20.4. The topological polar surface area (TPSA) is 93.7 Å². The summed E-state index contributed by atoms with van der Waals surface area (Å²) in [6.45, 7) is 5.35. The van der Waals surface area contributed by atoms with E-state index in [1.165, 1.54) is 12.1 Å². The fraction of sp³-hybridized carbons (Fsp3) is 0.450. The molecular formula is C20H23FN2O5. The van der Waals surface area contributed by atoms with Gasteiger partial charge in [-0.2, -0.15) is 0 Å². The Morgan fingerprint density at radius 1 is 1.29 bits per heavy atom. The average Bonchev–Trinajstić information content (AvgIpc) is 2.96. The van der Waals surface area contributed by atoms with E-state index in [4.69, 9.17) is 9.47 Å². The van der Waals surface area contributed by atoms with E-state index in [2.05, 4.69) is 10.6 Å². The van der Waals surface area contributed by atoms with Gasteiger partial charge in [0.05, 0.1) is 29.5 Å². The first-order chi connectivity index (χ1) is 13.4. The van der Waals surface area contributed by atoms with Crippen LogP contribution in [0.5, 0.6) is 5.75 Å². The van der Waals surface area contributed by atoms with Gasteiger partial charge < -0.3 is 20.1 Å². The highest BCUT2D eigenvalue weighted by Crippen LogP contribution is 2.39. The van der Waals surface area contributed by atoms with Gasteiger partial charge in [-0.3, -0.25) is 4.79 Å². The number of halogens is 1. The van der Waals surface area contributed by atoms with Gasteiger partial charge in [-0.25, -0.2) is 14.0 Å². The van der Waals surface area contributed by atoms with Gasteiger partial charge in [-0.1, -0.05) is 13.8 Å². The summed E-state index contributed by atoms with van der Waals surface area (Å²) in [6.07, 6.45) is 0.717. The lowest BCUT2D eigenvalue weighted by atomic mass is 10.0. The monoisotopic (exact) mass is 390 g/mol. The van der Waals surface area contributed by atoms with Crippen LogP contribution in [-0.4, -0.2) is 37.0 Å². The Hall–Kier alpha value is -2.90. The molecule has 0 aromatic heterocycles. The number of carbonyl (C=O) groups excluding carboxylic acids is 3. The van der Waals surface area contributed by atoms with Crippen LogP contribution in [0.25, 0.3) is 0 Å². The number of Topliss-reactive ketones (excluding diaryl/α,β-unsaturated/α-hetero) is 1. The summed E-state index contributed by atoms with van der Waals surface area (Å²) < 4.78 is 25.0. The van der Waals surface area contributed by atoms with Crippen molar-refractivity contribution in [1.29, 1.82) is 0 Å². The summed E-state index contributed by atoms with van der Waals surface area (Å²) >= 11 is 0. The van der Waals surface area contributed by atoms with Gasteiger partial charge in [0.25, 0.3) is 0 Å². The van der Waals surface area contributed by atoms with Crippen LogP contribution in [0, 0.1) is 5.82 Å². The number of carbonyl (C=O) groups is 3. The molecule has 2 amide bonds. The number of benzene rings is 1. The summed E-state index contributed by atoms with van der Waals surface area (Å²) in [6, 6.07) is 1.70. The Balaban J connectivity index is 1.93. The zero-order valence-corrected chi connectivity index (χ0v) is 16.1. The Bertz CT molecular complexity index is 864. The molecular weight excluding hydrogens is 367 g/mol. The van der Waals surface area contributed by atoms with Crippen molar-refractivity contribution in [1.82, 2.24) is 10.6 Å². The maximum Gasteiger partial charge on any atom is 0.338 e. The molecule has 1 aromatic carbocycles. The Labute approximate surface area is 162 Å². The number of esters is 1. The van der Waals surface area contributed by atoms with E-state index in [9.17, 15) is 18.8 Å². The van der Waals surface area contributed by atoms with Gasteiger partial charge >= 0.3 is 12.0 Å². The highest BCUT2D eigenvalue weighted by atomic mass is 19.1. The second-order valence-electron chi connectivity index (χ2n) is 6.82. The van der Waals surface area contributed by atoms with Crippen molar-refractivity contribution in [2.75, 3.05) is 13.2 Å². The fourth-order valence-corrected chi connectivity index (χ4v) is 3.67. The molecule has 0 bridgehead atoms. The zero-order valence-electron chi connectivity index (χ0n) is 16.1. The third kappa shape index (κ3) is 3.58. The lowest BCUT2D eigenvalue weighted by Gasteiger charge is -2.28. The summed E-state index contributed by atoms with van der Waals surface area (Å²) in [5.74, 6) is -1.15. The van der Waals surface area contributed by atoms with Crippen molar-refractivity contribution in [3.05, 3.63) is 40.3 Å². The van der Waals surface area contributed by atoms with E-state index in [-0.39, 0.29) is 53.9 Å². The van der Waals surface area contributed by atoms with Crippen molar-refractivity contribution < 1.29 is 28.2 Å². The number of ether oxygens (including phenoxy) is 2. The average molecular weight is 390 g/mol. The highest BCUT2D eigenvalue weighted by Gasteiger charge is 2.34. The van der Waals surface area contributed by atoms with Crippen molar-refractivity contribution >= 4 is 17.8 Å². The molecule has 0 saturated heterocycles. The number of rotatable bonds is 6. The SMILES string of the molecule is CCOC(=O)C1=C(COc2ccc(F)c3c2C(=O)C[C@H]3C)NC(=O)N[C@H]1CC. The van der Waals surface area contributed by atoms with Crippen LogP contribution in [-0.2, 0) is 9.53 Å². The maximum atomic E-state index is 14.1. The first-order valence-corrected chi connectivity index (χ1v) is 9.33. The molecule has 150 valence electrons. The molecule has 2 aliphatic rings. The van der Waals surface area contributed by atoms with Crippen LogP contribution in [0.15, 0.2) is 23.4 Å². The quantitative estimate of drug-likeness (QED) is 0.729. The first kappa shape index (κ1) is 19.9. The molecule has 1 aliphatic heterocycles. The Morgan fingerprint density at radius 2 is 2.04 bits per heavy atom. The van der Waals surface area contributed by atoms with Crippen molar-refractivity contribution in [2.24, 2.45) is 0 Å². The van der Waals surface area contributed by atoms with Gasteiger partial charge in [0.1, 0.15) is 18.2 Å². The van der Waals surface area contributed by atoms with Gasteiger partial charge in [0.2, 0.25) is 0 Å². The Kier molecular flexibility index (Phi) is 5.67. The molecule has 1 aromatic rings. The van der Waals surface area contributed by atoms with Crippen LogP contribution < -0.4 is 15.4 Å². The molecule has 28 heavy (non-hydrogen) atoms. The lowest BCUT2D eigenvalue weighted by Crippen LogP contribution is -2.51.